The number of nitrogens with two attached hydrogens (primary N) is 1. The molecule has 82 valence electrons. The number of hydrogen-bond acceptors (Lipinski definition) is 5. The zero-order valence-corrected chi connectivity index (χ0v) is 8.25. The Kier molecular flexibility index (Phi) is 8.04. The first-order valence-electron chi connectivity index (χ1n) is 2.73. The second-order valence-corrected chi connectivity index (χ2v) is 3.41. The fraction of sp³-hybridized carbons (Fsp3) is 0. The summed E-state index contributed by atoms with van der Waals surface area (Å²) in [7, 11) is -4.67. The van der Waals surface area contributed by atoms with Crippen LogP contribution < -0.4 is 5.73 Å². The number of hydrogen-bond donors (Lipinski definition) is 5. The molecule has 0 saturated carbocycles. The highest BCUT2D eigenvalue weighted by molar-refractivity contribution is 8.16. The molecule has 0 amide bonds. The smallest absolute Gasteiger partial charge is 0.394 e. The highest BCUT2D eigenvalue weighted by atomic mass is 32.3. The van der Waals surface area contributed by atoms with Crippen LogP contribution in [0.1, 0.15) is 0 Å². The molecule has 0 aliphatic carbocycles. The summed E-state index contributed by atoms with van der Waals surface area (Å²) in [5, 5.41) is 15.8. The minimum absolute atomic E-state index is 0.118. The Hall–Kier alpha value is -1.10. The summed E-state index contributed by atoms with van der Waals surface area (Å²) in [4.78, 5) is 9.77. The molecule has 0 bridgehead atoms. The summed E-state index contributed by atoms with van der Waals surface area (Å²) < 4.78 is 31.6. The summed E-state index contributed by atoms with van der Waals surface area (Å²) in [6.07, 6.45) is 0.923. The Morgan fingerprint density at radius 3 is 2.00 bits per heavy atom. The number of carboxylic acids is 1. The second-order valence-electron chi connectivity index (χ2n) is 1.57. The molecule has 10 heteroatoms. The van der Waals surface area contributed by atoms with Gasteiger partial charge in [-0.1, -0.05) is 11.8 Å². The van der Waals surface area contributed by atoms with E-state index in [0.717, 1.165) is 17.8 Å². The largest absolute Gasteiger partial charge is 0.478 e. The SMILES string of the molecule is N=C(N)S/C=C/C(=O)O.O=S(=O)(O)O. The molecule has 0 saturated heterocycles. The first-order valence-corrected chi connectivity index (χ1v) is 5.00. The number of carboxylic acid groups (broad SMARTS) is 1. The van der Waals surface area contributed by atoms with Crippen molar-refractivity contribution < 1.29 is 27.4 Å². The lowest BCUT2D eigenvalue weighted by atomic mass is 10.7. The van der Waals surface area contributed by atoms with Gasteiger partial charge in [0, 0.05) is 6.08 Å². The molecular formula is C4H8N2O6S2. The van der Waals surface area contributed by atoms with Crippen molar-refractivity contribution in [3.8, 4) is 0 Å². The van der Waals surface area contributed by atoms with Crippen LogP contribution in [-0.4, -0.2) is 33.8 Å². The van der Waals surface area contributed by atoms with E-state index >= 15 is 0 Å². The molecule has 14 heavy (non-hydrogen) atoms. The van der Waals surface area contributed by atoms with Gasteiger partial charge >= 0.3 is 16.4 Å². The molecule has 0 rings (SSSR count). The van der Waals surface area contributed by atoms with Crippen molar-refractivity contribution in [2.45, 2.75) is 0 Å². The maximum Gasteiger partial charge on any atom is 0.394 e. The van der Waals surface area contributed by atoms with Crippen LogP contribution in [0.3, 0.4) is 0 Å². The van der Waals surface area contributed by atoms with Crippen LogP contribution in [0.25, 0.3) is 0 Å². The minimum Gasteiger partial charge on any atom is -0.478 e. The van der Waals surface area contributed by atoms with E-state index in [-0.39, 0.29) is 5.17 Å². The average Bonchev–Trinajstić information content (AvgIpc) is 1.80. The van der Waals surface area contributed by atoms with E-state index < -0.39 is 16.4 Å². The molecule has 8 nitrogen and oxygen atoms in total. The second kappa shape index (κ2) is 7.32. The molecule has 0 fully saturated rings. The van der Waals surface area contributed by atoms with E-state index in [1.807, 2.05) is 0 Å². The molecule has 0 spiro atoms. The van der Waals surface area contributed by atoms with E-state index in [9.17, 15) is 4.79 Å². The van der Waals surface area contributed by atoms with Gasteiger partial charge in [0.15, 0.2) is 5.17 Å². The number of nitrogens with one attached hydrogen (secondary N) is 1. The Labute approximate surface area is 83.9 Å². The Bertz CT molecular complexity index is 313. The fourth-order valence-corrected chi connectivity index (χ4v) is 0.497. The van der Waals surface area contributed by atoms with Gasteiger partial charge in [0.05, 0.1) is 0 Å². The van der Waals surface area contributed by atoms with Gasteiger partial charge in [0.2, 0.25) is 0 Å². The van der Waals surface area contributed by atoms with Crippen LogP contribution >= 0.6 is 11.8 Å². The van der Waals surface area contributed by atoms with Crippen molar-refractivity contribution in [1.29, 1.82) is 5.41 Å². The number of aliphatic carboxylic acids is 1. The molecule has 0 aliphatic heterocycles. The first-order chi connectivity index (χ1) is 6.13. The van der Waals surface area contributed by atoms with Gasteiger partial charge in [-0.3, -0.25) is 14.5 Å². The molecule has 0 heterocycles. The van der Waals surface area contributed by atoms with E-state index in [0.29, 0.717) is 0 Å². The van der Waals surface area contributed by atoms with Gasteiger partial charge in [0.1, 0.15) is 0 Å². The van der Waals surface area contributed by atoms with Crippen molar-refractivity contribution in [3.63, 3.8) is 0 Å². The highest BCUT2D eigenvalue weighted by Gasteiger charge is 1.86. The van der Waals surface area contributed by atoms with Crippen LogP contribution in [0.4, 0.5) is 0 Å². The number of amidine groups is 1. The van der Waals surface area contributed by atoms with E-state index in [1.165, 1.54) is 5.41 Å². The lowest BCUT2D eigenvalue weighted by Crippen LogP contribution is -2.01. The monoisotopic (exact) mass is 244 g/mol. The maximum absolute atomic E-state index is 9.77. The van der Waals surface area contributed by atoms with Gasteiger partial charge in [-0.15, -0.1) is 0 Å². The van der Waals surface area contributed by atoms with Crippen molar-refractivity contribution in [2.75, 3.05) is 0 Å². The van der Waals surface area contributed by atoms with Gasteiger partial charge in [-0.2, -0.15) is 8.42 Å². The lowest BCUT2D eigenvalue weighted by molar-refractivity contribution is -0.131. The molecule has 0 aliphatic rings. The minimum atomic E-state index is -4.67. The summed E-state index contributed by atoms with van der Waals surface area (Å²) in [5.41, 5.74) is 4.88. The summed E-state index contributed by atoms with van der Waals surface area (Å²) in [5.74, 6) is -1.04. The van der Waals surface area contributed by atoms with Crippen LogP contribution in [0.15, 0.2) is 11.5 Å². The van der Waals surface area contributed by atoms with Crippen LogP contribution in [0.2, 0.25) is 0 Å². The first kappa shape index (κ1) is 15.4. The van der Waals surface area contributed by atoms with E-state index in [4.69, 9.17) is 33.8 Å². The van der Waals surface area contributed by atoms with Crippen molar-refractivity contribution in [1.82, 2.24) is 0 Å². The van der Waals surface area contributed by atoms with Crippen LogP contribution in [0.5, 0.6) is 0 Å². The third-order valence-electron chi connectivity index (χ3n) is 0.406. The predicted molar refractivity (Wildman–Crippen MR) is 50.5 cm³/mol. The van der Waals surface area contributed by atoms with Gasteiger partial charge < -0.3 is 10.8 Å². The quantitative estimate of drug-likeness (QED) is 0.189. The van der Waals surface area contributed by atoms with Gasteiger partial charge in [-0.25, -0.2) is 4.79 Å². The Morgan fingerprint density at radius 1 is 1.43 bits per heavy atom. The number of carbonyl (C=O) groups is 1. The predicted octanol–water partition coefficient (Wildman–Crippen LogP) is -0.441. The van der Waals surface area contributed by atoms with Crippen molar-refractivity contribution in [3.05, 3.63) is 11.5 Å². The molecule has 6 N–H and O–H groups in total. The van der Waals surface area contributed by atoms with Gasteiger partial charge in [0.25, 0.3) is 0 Å². The van der Waals surface area contributed by atoms with Crippen molar-refractivity contribution >= 4 is 33.3 Å². The fourth-order valence-electron chi connectivity index (χ4n) is 0.166. The van der Waals surface area contributed by atoms with Crippen LogP contribution in [-0.2, 0) is 15.2 Å². The lowest BCUT2D eigenvalue weighted by Gasteiger charge is -1.84. The third kappa shape index (κ3) is 44.5. The normalized spacial score (nSPS) is 10.4. The van der Waals surface area contributed by atoms with E-state index in [2.05, 4.69) is 0 Å². The highest BCUT2D eigenvalue weighted by Crippen LogP contribution is 1.97. The average molecular weight is 244 g/mol. The Balaban J connectivity index is 0. The zero-order valence-electron chi connectivity index (χ0n) is 6.61. The zero-order chi connectivity index (χ0) is 11.8. The summed E-state index contributed by atoms with van der Waals surface area (Å²) >= 11 is 0.859. The molecule has 0 aromatic carbocycles. The molecular weight excluding hydrogens is 236 g/mol. The molecule has 0 aromatic rings. The standard InChI is InChI=1S/C4H6N2O2S.H2O4S/c5-4(6)9-2-1-3(7)8;1-5(2,3)4/h1-2H,(H3,5,6)(H,7,8);(H2,1,2,3,4)/b2-1+;. The van der Waals surface area contributed by atoms with E-state index in [1.54, 1.807) is 0 Å². The van der Waals surface area contributed by atoms with Gasteiger partial charge in [-0.05, 0) is 5.41 Å². The van der Waals surface area contributed by atoms with Crippen LogP contribution in [0, 0.1) is 5.41 Å². The topological polar surface area (TPSA) is 162 Å². The molecule has 0 aromatic heterocycles. The number of thioether (sulfide) groups is 1. The summed E-state index contributed by atoms with van der Waals surface area (Å²) in [6, 6.07) is 0. The molecule has 0 unspecified atom stereocenters. The third-order valence-corrected chi connectivity index (χ3v) is 0.932. The van der Waals surface area contributed by atoms with Crippen molar-refractivity contribution in [2.24, 2.45) is 5.73 Å². The summed E-state index contributed by atoms with van der Waals surface area (Å²) in [6.45, 7) is 0. The maximum atomic E-state index is 9.77. The molecule has 0 radical (unpaired) electrons. The number of rotatable bonds is 2. The molecule has 0 atom stereocenters. The Morgan fingerprint density at radius 2 is 1.79 bits per heavy atom.